The predicted molar refractivity (Wildman–Crippen MR) is 65.5 cm³/mol. The van der Waals surface area contributed by atoms with Gasteiger partial charge in [-0.1, -0.05) is 56.4 Å². The first kappa shape index (κ1) is 9.04. The van der Waals surface area contributed by atoms with Gasteiger partial charge in [-0.25, -0.2) is 0 Å². The first-order chi connectivity index (χ1) is 7.62. The second-order valence-corrected chi connectivity index (χ2v) is 6.37. The van der Waals surface area contributed by atoms with Crippen molar-refractivity contribution in [1.29, 1.82) is 0 Å². The monoisotopic (exact) mass is 209 g/mol. The van der Waals surface area contributed by atoms with Gasteiger partial charge in [0.05, 0.1) is 0 Å². The van der Waals surface area contributed by atoms with E-state index in [-0.39, 0.29) is 0 Å². The minimum atomic E-state index is 0.295. The molecule has 1 saturated carbocycles. The molecule has 0 aliphatic heterocycles. The van der Waals surface area contributed by atoms with Crippen LogP contribution in [-0.4, -0.2) is 0 Å². The molecule has 0 aromatic carbocycles. The normalized spacial score (nSPS) is 53.4. The number of hydrogen-bond donors (Lipinski definition) is 0. The molecule has 81 valence electrons. The summed E-state index contributed by atoms with van der Waals surface area (Å²) in [5, 5.41) is 0. The summed E-state index contributed by atoms with van der Waals surface area (Å²) in [6.07, 6.45) is 21.2. The third kappa shape index (κ3) is 0.687. The maximum absolute atomic E-state index is 3.35. The summed E-state index contributed by atoms with van der Waals surface area (Å²) in [5.41, 5.74) is 0.998. The molecule has 0 heteroatoms. The van der Waals surface area contributed by atoms with Gasteiger partial charge in [0.2, 0.25) is 0 Å². The molecule has 1 fully saturated rings. The van der Waals surface area contributed by atoms with Crippen LogP contribution < -0.4 is 0 Å². The van der Waals surface area contributed by atoms with Crippen molar-refractivity contribution in [3.8, 4) is 0 Å². The Hall–Kier alpha value is -1.04. The zero-order chi connectivity index (χ0) is 11.0. The zero-order valence-electron chi connectivity index (χ0n) is 9.90. The molecule has 2 atom stereocenters. The standard InChI is InChI=1S/C16H17/c1-14(2)13-5-3-4-8-16(13,14)15-9-6-12(11-15)7-10-15/h3,5-10,12-13H,11H2,1-2H3. The largest absolute Gasteiger partial charge is 0.0807 e. The molecule has 2 bridgehead atoms. The number of allylic oxidation sites excluding steroid dienone is 8. The van der Waals surface area contributed by atoms with Crippen LogP contribution in [0.1, 0.15) is 20.3 Å². The summed E-state index contributed by atoms with van der Waals surface area (Å²) in [5.74, 6) is 1.40. The van der Waals surface area contributed by atoms with E-state index in [9.17, 15) is 0 Å². The second kappa shape index (κ2) is 2.30. The predicted octanol–water partition coefficient (Wildman–Crippen LogP) is 3.69. The highest BCUT2D eigenvalue weighted by molar-refractivity contribution is 5.47. The fourth-order valence-corrected chi connectivity index (χ4v) is 4.68. The van der Waals surface area contributed by atoms with Crippen molar-refractivity contribution >= 4 is 0 Å². The van der Waals surface area contributed by atoms with Crippen LogP contribution in [0.25, 0.3) is 0 Å². The fraction of sp³-hybridized carbons (Fsp3) is 0.500. The van der Waals surface area contributed by atoms with Crippen LogP contribution >= 0.6 is 0 Å². The molecule has 16 heavy (non-hydrogen) atoms. The van der Waals surface area contributed by atoms with E-state index in [4.69, 9.17) is 0 Å². The molecule has 0 nitrogen and oxygen atoms in total. The minimum Gasteiger partial charge on any atom is -0.0807 e. The van der Waals surface area contributed by atoms with Crippen LogP contribution in [0.5, 0.6) is 0 Å². The lowest BCUT2D eigenvalue weighted by molar-refractivity contribution is 0.266. The van der Waals surface area contributed by atoms with Crippen molar-refractivity contribution in [2.24, 2.45) is 28.1 Å². The van der Waals surface area contributed by atoms with Crippen LogP contribution in [0.3, 0.4) is 0 Å². The average molecular weight is 209 g/mol. The fourth-order valence-electron chi connectivity index (χ4n) is 4.68. The lowest BCUT2D eigenvalue weighted by Crippen LogP contribution is -2.29. The van der Waals surface area contributed by atoms with Gasteiger partial charge in [0, 0.05) is 10.8 Å². The molecule has 4 rings (SSSR count). The van der Waals surface area contributed by atoms with E-state index < -0.39 is 0 Å². The quantitative estimate of drug-likeness (QED) is 0.578. The third-order valence-electron chi connectivity index (χ3n) is 5.57. The highest BCUT2D eigenvalue weighted by atomic mass is 14.8. The van der Waals surface area contributed by atoms with Gasteiger partial charge in [0.25, 0.3) is 0 Å². The molecular formula is C16H17. The summed E-state index contributed by atoms with van der Waals surface area (Å²) in [4.78, 5) is 0. The lowest BCUT2D eigenvalue weighted by atomic mass is 9.68. The van der Waals surface area contributed by atoms with Gasteiger partial charge in [-0.05, 0) is 29.7 Å². The summed E-state index contributed by atoms with van der Waals surface area (Å²) < 4.78 is 0. The van der Waals surface area contributed by atoms with Crippen molar-refractivity contribution in [3.05, 3.63) is 48.6 Å². The van der Waals surface area contributed by atoms with E-state index in [1.165, 1.54) is 6.42 Å². The van der Waals surface area contributed by atoms with Crippen LogP contribution in [-0.2, 0) is 0 Å². The molecule has 1 radical (unpaired) electrons. The Morgan fingerprint density at radius 1 is 1.12 bits per heavy atom. The van der Waals surface area contributed by atoms with Crippen LogP contribution in [0.15, 0.2) is 42.5 Å². The summed E-state index contributed by atoms with van der Waals surface area (Å²) >= 11 is 0. The Labute approximate surface area is 97.4 Å². The van der Waals surface area contributed by atoms with Crippen LogP contribution in [0.2, 0.25) is 0 Å². The minimum absolute atomic E-state index is 0.295. The van der Waals surface area contributed by atoms with Gasteiger partial charge in [-0.3, -0.25) is 0 Å². The van der Waals surface area contributed by atoms with Gasteiger partial charge >= 0.3 is 0 Å². The Morgan fingerprint density at radius 3 is 2.44 bits per heavy atom. The van der Waals surface area contributed by atoms with Crippen molar-refractivity contribution in [2.45, 2.75) is 20.3 Å². The molecule has 2 unspecified atom stereocenters. The molecule has 0 N–H and O–H groups in total. The van der Waals surface area contributed by atoms with Gasteiger partial charge in [-0.15, -0.1) is 0 Å². The highest BCUT2D eigenvalue weighted by Crippen LogP contribution is 2.81. The number of rotatable bonds is 1. The SMILES string of the molecule is CC1(C)C2C=C[C]=CC21C12C=CC(C=C1)C2. The van der Waals surface area contributed by atoms with E-state index in [1.807, 2.05) is 0 Å². The molecular weight excluding hydrogens is 192 g/mol. The zero-order valence-corrected chi connectivity index (χ0v) is 9.90. The van der Waals surface area contributed by atoms with Crippen LogP contribution in [0.4, 0.5) is 0 Å². The van der Waals surface area contributed by atoms with Gasteiger partial charge in [0.1, 0.15) is 0 Å². The van der Waals surface area contributed by atoms with Gasteiger partial charge in [-0.2, -0.15) is 0 Å². The summed E-state index contributed by atoms with van der Waals surface area (Å²) in [7, 11) is 0. The first-order valence-electron chi connectivity index (χ1n) is 6.28. The van der Waals surface area contributed by atoms with Crippen molar-refractivity contribution < 1.29 is 0 Å². The van der Waals surface area contributed by atoms with Crippen molar-refractivity contribution in [3.63, 3.8) is 0 Å². The number of fused-ring (bicyclic) bond motifs is 4. The van der Waals surface area contributed by atoms with E-state index in [0.717, 1.165) is 0 Å². The van der Waals surface area contributed by atoms with E-state index >= 15 is 0 Å². The molecule has 0 spiro atoms. The summed E-state index contributed by atoms with van der Waals surface area (Å²) in [6, 6.07) is 0. The van der Waals surface area contributed by atoms with Crippen molar-refractivity contribution in [2.75, 3.05) is 0 Å². The average Bonchev–Trinajstić information content (AvgIpc) is 2.70. The second-order valence-electron chi connectivity index (χ2n) is 6.37. The third-order valence-corrected chi connectivity index (χ3v) is 5.57. The molecule has 4 aliphatic rings. The molecule has 0 aromatic heterocycles. The molecule has 0 amide bonds. The molecule has 4 aliphatic carbocycles. The maximum atomic E-state index is 3.35. The van der Waals surface area contributed by atoms with Crippen LogP contribution in [0, 0.1) is 34.2 Å². The topological polar surface area (TPSA) is 0 Å². The Morgan fingerprint density at radius 2 is 1.88 bits per heavy atom. The lowest BCUT2D eigenvalue weighted by Gasteiger charge is -2.34. The Balaban J connectivity index is 1.90. The first-order valence-corrected chi connectivity index (χ1v) is 6.28. The highest BCUT2D eigenvalue weighted by Gasteiger charge is 2.76. The van der Waals surface area contributed by atoms with E-state index in [1.54, 1.807) is 0 Å². The Kier molecular flexibility index (Phi) is 1.30. The number of hydrogen-bond acceptors (Lipinski definition) is 0. The van der Waals surface area contributed by atoms with E-state index in [0.29, 0.717) is 28.1 Å². The van der Waals surface area contributed by atoms with E-state index in [2.05, 4.69) is 62.5 Å². The van der Waals surface area contributed by atoms with Crippen molar-refractivity contribution in [1.82, 2.24) is 0 Å². The molecule has 0 saturated heterocycles. The van der Waals surface area contributed by atoms with Gasteiger partial charge in [0.15, 0.2) is 0 Å². The Bertz CT molecular complexity index is 458. The molecule has 0 heterocycles. The molecule has 0 aromatic rings. The maximum Gasteiger partial charge on any atom is 0.0173 e. The van der Waals surface area contributed by atoms with Gasteiger partial charge < -0.3 is 0 Å². The smallest absolute Gasteiger partial charge is 0.0173 e. The summed E-state index contributed by atoms with van der Waals surface area (Å²) in [6.45, 7) is 4.82.